The molecule has 0 radical (unpaired) electrons. The van der Waals surface area contributed by atoms with E-state index in [-0.39, 0.29) is 24.7 Å². The number of likely N-dealkylation sites (tertiary alicyclic amines) is 1. The van der Waals surface area contributed by atoms with Crippen LogP contribution in [0.1, 0.15) is 18.4 Å². The second kappa shape index (κ2) is 5.67. The van der Waals surface area contributed by atoms with Crippen LogP contribution in [0.2, 0.25) is 0 Å². The molecule has 2 fully saturated rings. The van der Waals surface area contributed by atoms with Gasteiger partial charge in [-0.2, -0.15) is 0 Å². The number of hydrogen-bond acceptors (Lipinski definition) is 4. The first-order valence-corrected chi connectivity index (χ1v) is 6.83. The SMILES string of the molecule is O=C1CO[C@H]2CCN(Cc3ccncc3)CC[C@@H]2N1. The van der Waals surface area contributed by atoms with Crippen LogP contribution in [0.25, 0.3) is 0 Å². The fourth-order valence-electron chi connectivity index (χ4n) is 2.83. The first-order chi connectivity index (χ1) is 9.31. The number of fused-ring (bicyclic) bond motifs is 1. The molecule has 1 aromatic heterocycles. The molecular weight excluding hydrogens is 242 g/mol. The van der Waals surface area contributed by atoms with Gasteiger partial charge in [-0.15, -0.1) is 0 Å². The van der Waals surface area contributed by atoms with Crippen molar-refractivity contribution in [1.29, 1.82) is 0 Å². The number of carbonyl (C=O) groups excluding carboxylic acids is 1. The lowest BCUT2D eigenvalue weighted by molar-refractivity contribution is -0.136. The van der Waals surface area contributed by atoms with Gasteiger partial charge < -0.3 is 10.1 Å². The van der Waals surface area contributed by atoms with Gasteiger partial charge in [0, 0.05) is 32.0 Å². The van der Waals surface area contributed by atoms with E-state index in [2.05, 4.69) is 27.3 Å². The predicted octanol–water partition coefficient (Wildman–Crippen LogP) is 0.561. The topological polar surface area (TPSA) is 54.5 Å². The van der Waals surface area contributed by atoms with E-state index in [0.717, 1.165) is 32.5 Å². The summed E-state index contributed by atoms with van der Waals surface area (Å²) in [6, 6.07) is 4.29. The van der Waals surface area contributed by atoms with Gasteiger partial charge in [0.05, 0.1) is 12.1 Å². The molecule has 0 aliphatic carbocycles. The average Bonchev–Trinajstić information content (AvgIpc) is 2.63. The van der Waals surface area contributed by atoms with Crippen molar-refractivity contribution in [3.63, 3.8) is 0 Å². The van der Waals surface area contributed by atoms with Gasteiger partial charge >= 0.3 is 0 Å². The lowest BCUT2D eigenvalue weighted by atomic mass is 10.0. The summed E-state index contributed by atoms with van der Waals surface area (Å²) >= 11 is 0. The minimum absolute atomic E-state index is 0.0174. The maximum atomic E-state index is 11.3. The Kier molecular flexibility index (Phi) is 3.75. The zero-order valence-corrected chi connectivity index (χ0v) is 10.9. The lowest BCUT2D eigenvalue weighted by Gasteiger charge is -2.30. The van der Waals surface area contributed by atoms with Gasteiger partial charge in [0.1, 0.15) is 6.61 Å². The second-order valence-corrected chi connectivity index (χ2v) is 5.23. The number of ether oxygens (including phenoxy) is 1. The van der Waals surface area contributed by atoms with Crippen molar-refractivity contribution in [3.05, 3.63) is 30.1 Å². The molecule has 3 rings (SSSR count). The van der Waals surface area contributed by atoms with Crippen LogP contribution in [0.3, 0.4) is 0 Å². The van der Waals surface area contributed by atoms with Crippen molar-refractivity contribution >= 4 is 5.91 Å². The van der Waals surface area contributed by atoms with Crippen molar-refractivity contribution in [1.82, 2.24) is 15.2 Å². The van der Waals surface area contributed by atoms with E-state index in [1.165, 1.54) is 5.56 Å². The molecule has 2 aliphatic heterocycles. The first kappa shape index (κ1) is 12.6. The van der Waals surface area contributed by atoms with Crippen molar-refractivity contribution in [2.45, 2.75) is 31.5 Å². The summed E-state index contributed by atoms with van der Waals surface area (Å²) in [5, 5.41) is 3.04. The standard InChI is InChI=1S/C14H19N3O2/c18-14-10-19-13-4-8-17(7-3-12(13)16-14)9-11-1-5-15-6-2-11/h1-2,5-6,12-13H,3-4,7-10H2,(H,16,18)/t12-,13-/m0/s1. The zero-order chi connectivity index (χ0) is 13.1. The second-order valence-electron chi connectivity index (χ2n) is 5.23. The third kappa shape index (κ3) is 3.11. The molecule has 2 atom stereocenters. The molecule has 1 aromatic rings. The number of aromatic nitrogens is 1. The summed E-state index contributed by atoms with van der Waals surface area (Å²) in [6.07, 6.45) is 5.78. The Bertz CT molecular complexity index is 438. The molecule has 1 N–H and O–H groups in total. The molecule has 102 valence electrons. The molecule has 0 saturated carbocycles. The van der Waals surface area contributed by atoms with E-state index in [0.29, 0.717) is 0 Å². The van der Waals surface area contributed by atoms with Crippen LogP contribution >= 0.6 is 0 Å². The van der Waals surface area contributed by atoms with E-state index in [1.54, 1.807) is 0 Å². The summed E-state index contributed by atoms with van der Waals surface area (Å²) in [4.78, 5) is 17.8. The molecule has 1 amide bonds. The smallest absolute Gasteiger partial charge is 0.246 e. The van der Waals surface area contributed by atoms with Crippen molar-refractivity contribution < 1.29 is 9.53 Å². The van der Waals surface area contributed by atoms with E-state index < -0.39 is 0 Å². The molecule has 2 aliphatic rings. The minimum atomic E-state index is 0.0174. The van der Waals surface area contributed by atoms with Crippen LogP contribution in [-0.4, -0.2) is 47.6 Å². The molecule has 0 aromatic carbocycles. The van der Waals surface area contributed by atoms with Gasteiger partial charge in [0.15, 0.2) is 0 Å². The summed E-state index contributed by atoms with van der Waals surface area (Å²) in [7, 11) is 0. The summed E-state index contributed by atoms with van der Waals surface area (Å²) in [5.74, 6) is 0.0174. The number of hydrogen-bond donors (Lipinski definition) is 1. The Balaban J connectivity index is 1.60. The van der Waals surface area contributed by atoms with Crippen LogP contribution in [0.5, 0.6) is 0 Å². The highest BCUT2D eigenvalue weighted by Gasteiger charge is 2.32. The normalized spacial score (nSPS) is 28.3. The highest BCUT2D eigenvalue weighted by atomic mass is 16.5. The third-order valence-corrected chi connectivity index (χ3v) is 3.87. The zero-order valence-electron chi connectivity index (χ0n) is 10.9. The maximum absolute atomic E-state index is 11.3. The monoisotopic (exact) mass is 261 g/mol. The quantitative estimate of drug-likeness (QED) is 0.845. The van der Waals surface area contributed by atoms with Crippen LogP contribution in [-0.2, 0) is 16.1 Å². The number of carbonyl (C=O) groups is 1. The molecule has 0 spiro atoms. The highest BCUT2D eigenvalue weighted by Crippen LogP contribution is 2.19. The van der Waals surface area contributed by atoms with E-state index in [4.69, 9.17) is 4.74 Å². The van der Waals surface area contributed by atoms with E-state index in [1.807, 2.05) is 12.4 Å². The molecule has 3 heterocycles. The van der Waals surface area contributed by atoms with Crippen LogP contribution < -0.4 is 5.32 Å². The fraction of sp³-hybridized carbons (Fsp3) is 0.571. The molecular formula is C14H19N3O2. The summed E-state index contributed by atoms with van der Waals surface area (Å²) in [6.45, 7) is 3.16. The lowest BCUT2D eigenvalue weighted by Crippen LogP contribution is -2.51. The van der Waals surface area contributed by atoms with Crippen LogP contribution in [0.4, 0.5) is 0 Å². The number of nitrogens with zero attached hydrogens (tertiary/aromatic N) is 2. The minimum Gasteiger partial charge on any atom is -0.366 e. The highest BCUT2D eigenvalue weighted by molar-refractivity contribution is 5.78. The van der Waals surface area contributed by atoms with E-state index >= 15 is 0 Å². The van der Waals surface area contributed by atoms with Gasteiger partial charge in [0.2, 0.25) is 5.91 Å². The maximum Gasteiger partial charge on any atom is 0.246 e. The third-order valence-electron chi connectivity index (χ3n) is 3.87. The van der Waals surface area contributed by atoms with Crippen molar-refractivity contribution in [2.75, 3.05) is 19.7 Å². The molecule has 0 bridgehead atoms. The number of pyridine rings is 1. The van der Waals surface area contributed by atoms with Gasteiger partial charge in [-0.25, -0.2) is 0 Å². The molecule has 2 saturated heterocycles. The Morgan fingerprint density at radius 3 is 2.95 bits per heavy atom. The fourth-order valence-corrected chi connectivity index (χ4v) is 2.83. The Labute approximate surface area is 113 Å². The van der Waals surface area contributed by atoms with Crippen molar-refractivity contribution in [2.24, 2.45) is 0 Å². The number of rotatable bonds is 2. The van der Waals surface area contributed by atoms with Gasteiger partial charge in [-0.1, -0.05) is 0 Å². The Morgan fingerprint density at radius 2 is 2.11 bits per heavy atom. The van der Waals surface area contributed by atoms with Gasteiger partial charge in [-0.05, 0) is 30.5 Å². The average molecular weight is 261 g/mol. The van der Waals surface area contributed by atoms with Crippen molar-refractivity contribution in [3.8, 4) is 0 Å². The van der Waals surface area contributed by atoms with E-state index in [9.17, 15) is 4.79 Å². The largest absolute Gasteiger partial charge is 0.366 e. The molecule has 5 heteroatoms. The van der Waals surface area contributed by atoms with Gasteiger partial charge in [-0.3, -0.25) is 14.7 Å². The summed E-state index contributed by atoms with van der Waals surface area (Å²) < 4.78 is 5.62. The Morgan fingerprint density at radius 1 is 1.32 bits per heavy atom. The predicted molar refractivity (Wildman–Crippen MR) is 70.4 cm³/mol. The molecule has 0 unspecified atom stereocenters. The number of amides is 1. The first-order valence-electron chi connectivity index (χ1n) is 6.83. The summed E-state index contributed by atoms with van der Waals surface area (Å²) in [5.41, 5.74) is 1.28. The molecule has 5 nitrogen and oxygen atoms in total. The van der Waals surface area contributed by atoms with Crippen LogP contribution in [0.15, 0.2) is 24.5 Å². The van der Waals surface area contributed by atoms with Gasteiger partial charge in [0.25, 0.3) is 0 Å². The molecule has 19 heavy (non-hydrogen) atoms. The Hall–Kier alpha value is -1.46. The number of morpholine rings is 1. The number of nitrogens with one attached hydrogen (secondary N) is 1. The van der Waals surface area contributed by atoms with Crippen LogP contribution in [0, 0.1) is 0 Å².